The fourth-order valence-corrected chi connectivity index (χ4v) is 3.64. The van der Waals surface area contributed by atoms with Crippen molar-refractivity contribution < 1.29 is 14.3 Å². The van der Waals surface area contributed by atoms with Crippen LogP contribution >= 0.6 is 12.2 Å². The van der Waals surface area contributed by atoms with Crippen LogP contribution in [0.3, 0.4) is 0 Å². The Bertz CT molecular complexity index is 731. The van der Waals surface area contributed by atoms with Crippen molar-refractivity contribution in [2.45, 2.75) is 44.6 Å². The number of aromatic nitrogens is 1. The summed E-state index contributed by atoms with van der Waals surface area (Å²) < 4.78 is 5.37. The molecule has 2 aromatic rings. The van der Waals surface area contributed by atoms with Crippen molar-refractivity contribution in [1.29, 1.82) is 0 Å². The van der Waals surface area contributed by atoms with E-state index in [1.807, 2.05) is 0 Å². The Labute approximate surface area is 140 Å². The monoisotopic (exact) mass is 334 g/mol. The molecule has 1 heterocycles. The molecule has 1 fully saturated rings. The number of amides is 1. The summed E-state index contributed by atoms with van der Waals surface area (Å²) in [4.78, 5) is 15.8. The SMILES string of the molecule is O=C(N[C@@H](CCO)C1CCCCC1)c1ccc2[nH]c(=S)oc2c1. The van der Waals surface area contributed by atoms with Crippen LogP contribution in [0.25, 0.3) is 11.1 Å². The first kappa shape index (κ1) is 16.2. The maximum atomic E-state index is 12.6. The van der Waals surface area contributed by atoms with Crippen LogP contribution in [0, 0.1) is 10.8 Å². The number of H-pyrrole nitrogens is 1. The van der Waals surface area contributed by atoms with Crippen LogP contribution in [0.5, 0.6) is 0 Å². The molecule has 0 radical (unpaired) electrons. The molecule has 23 heavy (non-hydrogen) atoms. The molecule has 6 heteroatoms. The van der Waals surface area contributed by atoms with E-state index in [0.29, 0.717) is 28.3 Å². The van der Waals surface area contributed by atoms with Crippen LogP contribution < -0.4 is 5.32 Å². The van der Waals surface area contributed by atoms with Crippen molar-refractivity contribution in [3.05, 3.63) is 28.6 Å². The molecule has 5 nitrogen and oxygen atoms in total. The van der Waals surface area contributed by atoms with Gasteiger partial charge in [0.2, 0.25) is 0 Å². The zero-order valence-electron chi connectivity index (χ0n) is 13.0. The highest BCUT2D eigenvalue weighted by Gasteiger charge is 2.25. The molecular weight excluding hydrogens is 312 g/mol. The van der Waals surface area contributed by atoms with E-state index < -0.39 is 0 Å². The minimum absolute atomic E-state index is 0.0289. The molecule has 0 saturated heterocycles. The Hall–Kier alpha value is -1.66. The number of benzene rings is 1. The molecule has 1 saturated carbocycles. The molecule has 1 aromatic heterocycles. The lowest BCUT2D eigenvalue weighted by Crippen LogP contribution is -2.41. The maximum Gasteiger partial charge on any atom is 0.266 e. The molecule has 1 aliphatic rings. The Morgan fingerprint density at radius 3 is 2.91 bits per heavy atom. The summed E-state index contributed by atoms with van der Waals surface area (Å²) in [6.45, 7) is 0.0902. The molecule has 1 amide bonds. The zero-order valence-corrected chi connectivity index (χ0v) is 13.8. The molecule has 3 N–H and O–H groups in total. The van der Waals surface area contributed by atoms with Crippen molar-refractivity contribution >= 4 is 29.2 Å². The third kappa shape index (κ3) is 3.82. The molecule has 0 bridgehead atoms. The Morgan fingerprint density at radius 2 is 2.17 bits per heavy atom. The molecule has 124 valence electrons. The Morgan fingerprint density at radius 1 is 1.39 bits per heavy atom. The second kappa shape index (κ2) is 7.27. The van der Waals surface area contributed by atoms with E-state index in [1.54, 1.807) is 18.2 Å². The van der Waals surface area contributed by atoms with Crippen LogP contribution in [0.1, 0.15) is 48.9 Å². The van der Waals surface area contributed by atoms with Gasteiger partial charge in [0, 0.05) is 18.2 Å². The number of aliphatic hydroxyl groups is 1. The minimum atomic E-state index is -0.127. The van der Waals surface area contributed by atoms with Gasteiger partial charge in [-0.1, -0.05) is 19.3 Å². The number of rotatable bonds is 5. The van der Waals surface area contributed by atoms with Crippen molar-refractivity contribution in [3.8, 4) is 0 Å². The number of nitrogens with one attached hydrogen (secondary N) is 2. The van der Waals surface area contributed by atoms with Gasteiger partial charge in [-0.05, 0) is 55.6 Å². The Balaban J connectivity index is 1.74. The second-order valence-electron chi connectivity index (χ2n) is 6.22. The van der Waals surface area contributed by atoms with Crippen molar-refractivity contribution in [3.63, 3.8) is 0 Å². The lowest BCUT2D eigenvalue weighted by Gasteiger charge is -2.30. The maximum absolute atomic E-state index is 12.6. The van der Waals surface area contributed by atoms with Gasteiger partial charge in [0.1, 0.15) is 0 Å². The summed E-state index contributed by atoms with van der Waals surface area (Å²) in [5.74, 6) is 0.331. The first-order valence-electron chi connectivity index (χ1n) is 8.22. The topological polar surface area (TPSA) is 78.3 Å². The molecular formula is C17H22N2O3S. The summed E-state index contributed by atoms with van der Waals surface area (Å²) in [6, 6.07) is 5.29. The summed E-state index contributed by atoms with van der Waals surface area (Å²) in [7, 11) is 0. The number of aromatic amines is 1. The normalized spacial score (nSPS) is 17.3. The molecule has 0 spiro atoms. The number of fused-ring (bicyclic) bond motifs is 1. The average molecular weight is 334 g/mol. The quantitative estimate of drug-likeness (QED) is 0.731. The van der Waals surface area contributed by atoms with Crippen molar-refractivity contribution in [2.24, 2.45) is 5.92 Å². The minimum Gasteiger partial charge on any atom is -0.429 e. The van der Waals surface area contributed by atoms with Gasteiger partial charge in [0.25, 0.3) is 10.7 Å². The molecule has 3 rings (SSSR count). The fourth-order valence-electron chi connectivity index (χ4n) is 3.44. The van der Waals surface area contributed by atoms with E-state index >= 15 is 0 Å². The lowest BCUT2D eigenvalue weighted by molar-refractivity contribution is 0.0899. The standard InChI is InChI=1S/C17H22N2O3S/c20-9-8-13(11-4-2-1-3-5-11)18-16(21)12-6-7-14-15(10-12)22-17(23)19-14/h6-7,10-11,13,20H,1-5,8-9H2,(H,18,21)(H,19,23)/t13-/m0/s1. The number of aliphatic hydroxyl groups excluding tert-OH is 1. The van der Waals surface area contributed by atoms with E-state index in [9.17, 15) is 9.90 Å². The highest BCUT2D eigenvalue weighted by atomic mass is 32.1. The predicted octanol–water partition coefficient (Wildman–Crippen LogP) is 3.55. The number of hydrogen-bond acceptors (Lipinski definition) is 4. The van der Waals surface area contributed by atoms with Crippen molar-refractivity contribution in [2.75, 3.05) is 6.61 Å². The highest BCUT2D eigenvalue weighted by molar-refractivity contribution is 7.71. The van der Waals surface area contributed by atoms with Gasteiger partial charge >= 0.3 is 0 Å². The van der Waals surface area contributed by atoms with Crippen molar-refractivity contribution in [1.82, 2.24) is 10.3 Å². The largest absolute Gasteiger partial charge is 0.429 e. The summed E-state index contributed by atoms with van der Waals surface area (Å²) in [6.07, 6.45) is 6.53. The third-order valence-corrected chi connectivity index (χ3v) is 4.84. The number of oxazole rings is 1. The van der Waals surface area contributed by atoms with Gasteiger partial charge in [0.15, 0.2) is 5.58 Å². The third-order valence-electron chi connectivity index (χ3n) is 4.66. The first-order valence-corrected chi connectivity index (χ1v) is 8.63. The predicted molar refractivity (Wildman–Crippen MR) is 90.9 cm³/mol. The second-order valence-corrected chi connectivity index (χ2v) is 6.59. The lowest BCUT2D eigenvalue weighted by atomic mass is 9.82. The number of hydrogen-bond donors (Lipinski definition) is 3. The first-order chi connectivity index (χ1) is 11.2. The van der Waals surface area contributed by atoms with Gasteiger partial charge in [-0.2, -0.15) is 0 Å². The van der Waals surface area contributed by atoms with Crippen LogP contribution in [-0.4, -0.2) is 28.6 Å². The van der Waals surface area contributed by atoms with Gasteiger partial charge in [-0.3, -0.25) is 4.79 Å². The zero-order chi connectivity index (χ0) is 16.2. The molecule has 0 unspecified atom stereocenters. The van der Waals surface area contributed by atoms with Gasteiger partial charge in [-0.25, -0.2) is 0 Å². The fraction of sp³-hybridized carbons (Fsp3) is 0.529. The van der Waals surface area contributed by atoms with E-state index in [2.05, 4.69) is 10.3 Å². The Kier molecular flexibility index (Phi) is 5.13. The highest BCUT2D eigenvalue weighted by Crippen LogP contribution is 2.28. The number of carbonyl (C=O) groups is 1. The summed E-state index contributed by atoms with van der Waals surface area (Å²) >= 11 is 4.96. The van der Waals surface area contributed by atoms with Gasteiger partial charge in [0.05, 0.1) is 5.52 Å². The molecule has 0 aliphatic heterocycles. The van der Waals surface area contributed by atoms with E-state index in [0.717, 1.165) is 18.4 Å². The molecule has 1 aliphatic carbocycles. The van der Waals surface area contributed by atoms with Crippen LogP contribution in [-0.2, 0) is 0 Å². The molecule has 1 atom stereocenters. The average Bonchev–Trinajstić information content (AvgIpc) is 2.94. The summed E-state index contributed by atoms with van der Waals surface area (Å²) in [5, 5.41) is 12.4. The van der Waals surface area contributed by atoms with E-state index in [1.165, 1.54) is 19.3 Å². The molecule has 1 aromatic carbocycles. The van der Waals surface area contributed by atoms with Crippen LogP contribution in [0.2, 0.25) is 0 Å². The van der Waals surface area contributed by atoms with E-state index in [4.69, 9.17) is 16.6 Å². The summed E-state index contributed by atoms with van der Waals surface area (Å²) in [5.41, 5.74) is 1.92. The van der Waals surface area contributed by atoms with Gasteiger partial charge < -0.3 is 19.8 Å². The number of carbonyl (C=O) groups excluding carboxylic acids is 1. The van der Waals surface area contributed by atoms with Crippen LogP contribution in [0.15, 0.2) is 22.6 Å². The van der Waals surface area contributed by atoms with E-state index in [-0.39, 0.29) is 18.6 Å². The smallest absolute Gasteiger partial charge is 0.266 e. The van der Waals surface area contributed by atoms with Crippen LogP contribution in [0.4, 0.5) is 0 Å². The van der Waals surface area contributed by atoms with Gasteiger partial charge in [-0.15, -0.1) is 0 Å².